The maximum Gasteiger partial charge on any atom is 0.408 e. The first-order valence-corrected chi connectivity index (χ1v) is 15.0. The minimum absolute atomic E-state index is 0.141. The van der Waals surface area contributed by atoms with E-state index in [-0.39, 0.29) is 24.3 Å². The second-order valence-corrected chi connectivity index (χ2v) is 12.5. The lowest BCUT2D eigenvalue weighted by molar-refractivity contribution is -0.141. The summed E-state index contributed by atoms with van der Waals surface area (Å²) in [6, 6.07) is 12.8. The van der Waals surface area contributed by atoms with E-state index in [9.17, 15) is 27.6 Å². The molecular weight excluding hydrogens is 578 g/mol. The second-order valence-electron chi connectivity index (χ2n) is 11.0. The van der Waals surface area contributed by atoms with E-state index in [4.69, 9.17) is 8.92 Å². The molecule has 0 aliphatic carbocycles. The van der Waals surface area contributed by atoms with E-state index >= 15 is 0 Å². The van der Waals surface area contributed by atoms with Crippen molar-refractivity contribution in [3.05, 3.63) is 77.7 Å². The molecule has 3 amide bonds. The Labute approximate surface area is 251 Å². The third kappa shape index (κ3) is 9.57. The Kier molecular flexibility index (Phi) is 10.9. The number of hydrogen-bond acceptors (Lipinski definition) is 9. The van der Waals surface area contributed by atoms with Gasteiger partial charge in [0.1, 0.15) is 28.8 Å². The van der Waals surface area contributed by atoms with Gasteiger partial charge in [0.2, 0.25) is 11.8 Å². The summed E-state index contributed by atoms with van der Waals surface area (Å²) in [5.41, 5.74) is 0.238. The molecule has 232 valence electrons. The summed E-state index contributed by atoms with van der Waals surface area (Å²) in [6.07, 6.45) is 0.678. The first-order chi connectivity index (χ1) is 20.2. The van der Waals surface area contributed by atoms with Crippen LogP contribution in [0.2, 0.25) is 0 Å². The molecule has 0 radical (unpaired) electrons. The van der Waals surface area contributed by atoms with Crippen molar-refractivity contribution in [2.24, 2.45) is 0 Å². The van der Waals surface area contributed by atoms with E-state index in [0.29, 0.717) is 12.7 Å². The fraction of sp³-hybridized carbons (Fsp3) is 0.400. The predicted molar refractivity (Wildman–Crippen MR) is 156 cm³/mol. The molecule has 13 heteroatoms. The summed E-state index contributed by atoms with van der Waals surface area (Å²) in [4.78, 5) is 53.3. The Morgan fingerprint density at radius 3 is 2.30 bits per heavy atom. The highest BCUT2D eigenvalue weighted by Crippen LogP contribution is 2.21. The van der Waals surface area contributed by atoms with Gasteiger partial charge >= 0.3 is 22.2 Å². The Balaban J connectivity index is 1.80. The number of alkyl carbamates (subject to hydrolysis) is 1. The highest BCUT2D eigenvalue weighted by Gasteiger charge is 2.39. The summed E-state index contributed by atoms with van der Waals surface area (Å²) < 4.78 is 40.2. The zero-order valence-corrected chi connectivity index (χ0v) is 25.6. The number of hydrogen-bond donors (Lipinski definition) is 2. The number of likely N-dealkylation sites (tertiary alicyclic amines) is 1. The summed E-state index contributed by atoms with van der Waals surface area (Å²) in [5, 5.41) is 4.97. The molecule has 43 heavy (non-hydrogen) atoms. The van der Waals surface area contributed by atoms with Crippen molar-refractivity contribution >= 4 is 34.0 Å². The van der Waals surface area contributed by atoms with Crippen LogP contribution in [0.5, 0.6) is 0 Å². The molecule has 2 atom stereocenters. The predicted octanol–water partition coefficient (Wildman–Crippen LogP) is 2.96. The lowest BCUT2D eigenvalue weighted by Gasteiger charge is -2.29. The Morgan fingerprint density at radius 1 is 1.05 bits per heavy atom. The number of ether oxygens (including phenoxy) is 2. The molecule has 0 aromatic heterocycles. The van der Waals surface area contributed by atoms with Gasteiger partial charge in [-0.25, -0.2) is 9.59 Å². The van der Waals surface area contributed by atoms with Gasteiger partial charge in [-0.15, -0.1) is 0 Å². The first-order valence-electron chi connectivity index (χ1n) is 13.6. The van der Waals surface area contributed by atoms with Gasteiger partial charge in [-0.2, -0.15) is 8.42 Å². The van der Waals surface area contributed by atoms with Gasteiger partial charge in [0.25, 0.3) is 0 Å². The summed E-state index contributed by atoms with van der Waals surface area (Å²) in [5.74, 6) is -2.33. The molecule has 1 heterocycles. The van der Waals surface area contributed by atoms with Crippen molar-refractivity contribution in [3.63, 3.8) is 0 Å². The summed E-state index contributed by atoms with van der Waals surface area (Å²) >= 11 is 0. The normalized spacial score (nSPS) is 16.2. The van der Waals surface area contributed by atoms with Crippen molar-refractivity contribution < 1.29 is 41.3 Å². The van der Waals surface area contributed by atoms with Crippen LogP contribution >= 0.6 is 0 Å². The van der Waals surface area contributed by atoms with Gasteiger partial charge in [0.05, 0.1) is 7.11 Å². The van der Waals surface area contributed by atoms with Crippen LogP contribution in [0.25, 0.3) is 0 Å². The number of carbonyl (C=O) groups is 4. The van der Waals surface area contributed by atoms with Gasteiger partial charge in [-0.3, -0.25) is 9.59 Å². The minimum Gasteiger partial charge on any atom is -0.464 e. The molecule has 0 spiro atoms. The number of esters is 1. The molecule has 0 unspecified atom stereocenters. The first kappa shape index (κ1) is 33.1. The number of nitrogens with one attached hydrogen (secondary N) is 2. The summed E-state index contributed by atoms with van der Waals surface area (Å²) in [7, 11) is -3.26. The molecule has 2 N–H and O–H groups in total. The van der Waals surface area contributed by atoms with Gasteiger partial charge < -0.3 is 29.2 Å². The molecule has 1 aliphatic heterocycles. The van der Waals surface area contributed by atoms with Crippen LogP contribution in [0, 0.1) is 6.92 Å². The average molecular weight is 616 g/mol. The second kappa shape index (κ2) is 14.2. The highest BCUT2D eigenvalue weighted by atomic mass is 32.2. The van der Waals surface area contributed by atoms with Crippen LogP contribution in [0.3, 0.4) is 0 Å². The molecule has 12 nitrogen and oxygen atoms in total. The van der Waals surface area contributed by atoms with Crippen LogP contribution in [0.15, 0.2) is 71.5 Å². The van der Waals surface area contributed by atoms with Gasteiger partial charge in [-0.05, 0) is 58.2 Å². The van der Waals surface area contributed by atoms with Crippen LogP contribution in [-0.2, 0) is 44.6 Å². The average Bonchev–Trinajstić information content (AvgIpc) is 3.44. The number of aryl methyl sites for hydroxylation is 1. The number of carbonyl (C=O) groups excluding carboxylic acids is 4. The molecule has 2 aromatic carbocycles. The summed E-state index contributed by atoms with van der Waals surface area (Å²) in [6.45, 7) is 7.10. The molecule has 0 saturated carbocycles. The van der Waals surface area contributed by atoms with Crippen molar-refractivity contribution in [3.8, 4) is 0 Å². The lowest BCUT2D eigenvalue weighted by atomic mass is 10.0. The Hall–Kier alpha value is -4.39. The Bertz CT molecular complexity index is 1450. The van der Waals surface area contributed by atoms with E-state index in [1.54, 1.807) is 52.0 Å². The quantitative estimate of drug-likeness (QED) is 0.177. The van der Waals surface area contributed by atoms with Crippen LogP contribution in [-0.4, -0.2) is 68.5 Å². The fourth-order valence-electron chi connectivity index (χ4n) is 4.33. The largest absolute Gasteiger partial charge is 0.464 e. The molecule has 1 aliphatic rings. The SMILES string of the molecule is COC(=O)/C(=C\OS(=O)(=O)c1ccc(C)cc1)NC(=O)[C@@H]1CCCN1C(=O)[C@H](Cc1ccccc1)NC(=O)OC(C)(C)C. The zero-order valence-electron chi connectivity index (χ0n) is 24.8. The van der Waals surface area contributed by atoms with E-state index in [1.165, 1.54) is 17.0 Å². The number of nitrogens with zero attached hydrogens (tertiary/aromatic N) is 1. The minimum atomic E-state index is -4.31. The van der Waals surface area contributed by atoms with Crippen molar-refractivity contribution in [1.82, 2.24) is 15.5 Å². The van der Waals surface area contributed by atoms with Gasteiger partial charge in [0, 0.05) is 13.0 Å². The van der Waals surface area contributed by atoms with Crippen LogP contribution in [0.4, 0.5) is 4.79 Å². The van der Waals surface area contributed by atoms with Gasteiger partial charge in [0.15, 0.2) is 5.70 Å². The topological polar surface area (TPSA) is 157 Å². The van der Waals surface area contributed by atoms with E-state index in [1.807, 2.05) is 18.2 Å². The molecule has 3 rings (SSSR count). The maximum atomic E-state index is 13.7. The number of methoxy groups -OCH3 is 1. The van der Waals surface area contributed by atoms with Gasteiger partial charge in [-0.1, -0.05) is 48.0 Å². The molecule has 2 aromatic rings. The lowest BCUT2D eigenvalue weighted by Crippen LogP contribution is -2.54. The Morgan fingerprint density at radius 2 is 1.70 bits per heavy atom. The highest BCUT2D eigenvalue weighted by molar-refractivity contribution is 7.86. The number of amides is 3. The van der Waals surface area contributed by atoms with Crippen molar-refractivity contribution in [2.45, 2.75) is 69.5 Å². The van der Waals surface area contributed by atoms with E-state index in [0.717, 1.165) is 18.2 Å². The molecule has 1 saturated heterocycles. The third-order valence-electron chi connectivity index (χ3n) is 6.38. The van der Waals surface area contributed by atoms with Crippen molar-refractivity contribution in [1.29, 1.82) is 0 Å². The van der Waals surface area contributed by atoms with Crippen molar-refractivity contribution in [2.75, 3.05) is 13.7 Å². The standard InChI is InChI=1S/C30H37N3O9S/c1-20-13-15-22(16-14-20)43(38,39)41-19-24(28(36)40-5)31-26(34)25-12-9-17-33(25)27(35)23(18-21-10-7-6-8-11-21)32-29(37)42-30(2,3)4/h6-8,10-11,13-16,19,23,25H,9,12,17-18H2,1-5H3,(H,31,34)(H,32,37)/b24-19+/t23-,25-/m0/s1. The number of rotatable bonds is 10. The zero-order chi connectivity index (χ0) is 31.8. The molecular formula is C30H37N3O9S. The third-order valence-corrected chi connectivity index (χ3v) is 7.57. The monoisotopic (exact) mass is 615 g/mol. The molecule has 0 bridgehead atoms. The fourth-order valence-corrected chi connectivity index (χ4v) is 5.13. The van der Waals surface area contributed by atoms with E-state index < -0.39 is 57.4 Å². The van der Waals surface area contributed by atoms with Crippen LogP contribution < -0.4 is 10.6 Å². The van der Waals surface area contributed by atoms with Crippen LogP contribution in [0.1, 0.15) is 44.7 Å². The smallest absolute Gasteiger partial charge is 0.408 e. The number of benzene rings is 2. The van der Waals surface area contributed by atoms with E-state index in [2.05, 4.69) is 15.4 Å². The maximum absolute atomic E-state index is 13.7. The molecule has 1 fully saturated rings.